The number of benzene rings is 1. The van der Waals surface area contributed by atoms with E-state index in [2.05, 4.69) is 30.7 Å². The van der Waals surface area contributed by atoms with Gasteiger partial charge < -0.3 is 14.8 Å². The predicted octanol–water partition coefficient (Wildman–Crippen LogP) is 1.74. The highest BCUT2D eigenvalue weighted by Crippen LogP contribution is 2.21. The number of hydrogen-bond acceptors (Lipinski definition) is 5. The first-order chi connectivity index (χ1) is 8.99. The molecule has 19 heavy (non-hydrogen) atoms. The maximum atomic E-state index is 11.6. The molecule has 7 heteroatoms. The van der Waals surface area contributed by atoms with Crippen LogP contribution in [0.4, 0.5) is 5.69 Å². The molecule has 1 amide bonds. The molecule has 1 rings (SSSR count). The van der Waals surface area contributed by atoms with Crippen molar-refractivity contribution >= 4 is 39.5 Å². The van der Waals surface area contributed by atoms with Crippen LogP contribution in [-0.2, 0) is 19.1 Å². The fourth-order valence-electron chi connectivity index (χ4n) is 1.27. The largest absolute Gasteiger partial charge is 0.465 e. The maximum absolute atomic E-state index is 11.6. The van der Waals surface area contributed by atoms with Gasteiger partial charge in [0.2, 0.25) is 0 Å². The third kappa shape index (κ3) is 4.06. The van der Waals surface area contributed by atoms with Crippen LogP contribution in [0, 0.1) is 0 Å². The minimum atomic E-state index is -1.01. The first-order valence-electron chi connectivity index (χ1n) is 5.35. The molecule has 0 spiro atoms. The van der Waals surface area contributed by atoms with Crippen molar-refractivity contribution in [3.8, 4) is 0 Å². The Morgan fingerprint density at radius 1 is 1.32 bits per heavy atom. The van der Waals surface area contributed by atoms with Crippen LogP contribution in [0.25, 0.3) is 0 Å². The Kier molecular flexibility index (Phi) is 5.50. The fourth-order valence-corrected chi connectivity index (χ4v) is 1.64. The van der Waals surface area contributed by atoms with Crippen LogP contribution in [0.5, 0.6) is 0 Å². The van der Waals surface area contributed by atoms with E-state index in [0.717, 1.165) is 0 Å². The Morgan fingerprint density at radius 2 is 2.00 bits per heavy atom. The molecule has 0 unspecified atom stereocenters. The highest BCUT2D eigenvalue weighted by atomic mass is 79.9. The Hall–Kier alpha value is -1.89. The molecule has 1 aromatic rings. The zero-order valence-electron chi connectivity index (χ0n) is 10.4. The van der Waals surface area contributed by atoms with Gasteiger partial charge in [-0.15, -0.1) is 0 Å². The van der Waals surface area contributed by atoms with Gasteiger partial charge in [0, 0.05) is 4.47 Å². The lowest BCUT2D eigenvalue weighted by molar-refractivity contribution is -0.152. The van der Waals surface area contributed by atoms with Gasteiger partial charge in [-0.25, -0.2) is 9.59 Å². The van der Waals surface area contributed by atoms with Gasteiger partial charge in [0.15, 0.2) is 0 Å². The van der Waals surface area contributed by atoms with Crippen LogP contribution in [-0.4, -0.2) is 31.6 Å². The molecule has 0 fully saturated rings. The SMILES string of the molecule is CCOC(=O)C(=O)Nc1ccc(Br)cc1C(=O)OC. The van der Waals surface area contributed by atoms with Crippen molar-refractivity contribution in [2.45, 2.75) is 6.92 Å². The minimum absolute atomic E-state index is 0.0937. The summed E-state index contributed by atoms with van der Waals surface area (Å²) in [6, 6.07) is 4.58. The lowest BCUT2D eigenvalue weighted by Crippen LogP contribution is -2.26. The molecule has 0 bridgehead atoms. The van der Waals surface area contributed by atoms with Gasteiger partial charge in [-0.1, -0.05) is 15.9 Å². The number of nitrogens with one attached hydrogen (secondary N) is 1. The van der Waals surface area contributed by atoms with Gasteiger partial charge in [0.25, 0.3) is 0 Å². The third-order valence-corrected chi connectivity index (χ3v) is 2.59. The standard InChI is InChI=1S/C12H12BrNO5/c1-3-19-12(17)10(15)14-9-5-4-7(13)6-8(9)11(16)18-2/h4-6H,3H2,1-2H3,(H,14,15). The number of carbonyl (C=O) groups is 3. The summed E-state index contributed by atoms with van der Waals surface area (Å²) < 4.78 is 9.78. The zero-order valence-corrected chi connectivity index (χ0v) is 11.9. The second kappa shape index (κ2) is 6.89. The molecule has 6 nitrogen and oxygen atoms in total. The van der Waals surface area contributed by atoms with E-state index in [1.165, 1.54) is 19.2 Å². The van der Waals surface area contributed by atoms with E-state index in [-0.39, 0.29) is 17.9 Å². The van der Waals surface area contributed by atoms with E-state index in [9.17, 15) is 14.4 Å². The number of methoxy groups -OCH3 is 1. The lowest BCUT2D eigenvalue weighted by atomic mass is 10.2. The molecule has 102 valence electrons. The van der Waals surface area contributed by atoms with Gasteiger partial charge in [-0.2, -0.15) is 0 Å². The summed E-state index contributed by atoms with van der Waals surface area (Å²) in [5.41, 5.74) is 0.308. The van der Waals surface area contributed by atoms with Crippen molar-refractivity contribution < 1.29 is 23.9 Å². The topological polar surface area (TPSA) is 81.7 Å². The van der Waals surface area contributed by atoms with Crippen LogP contribution in [0.3, 0.4) is 0 Å². The molecule has 1 aromatic carbocycles. The monoisotopic (exact) mass is 329 g/mol. The van der Waals surface area contributed by atoms with Crippen molar-refractivity contribution in [2.24, 2.45) is 0 Å². The predicted molar refractivity (Wildman–Crippen MR) is 70.7 cm³/mol. The average molecular weight is 330 g/mol. The molecule has 0 saturated heterocycles. The molecule has 1 N–H and O–H groups in total. The second-order valence-electron chi connectivity index (χ2n) is 3.36. The Bertz CT molecular complexity index is 515. The van der Waals surface area contributed by atoms with Crippen LogP contribution >= 0.6 is 15.9 Å². The zero-order chi connectivity index (χ0) is 14.4. The number of hydrogen-bond donors (Lipinski definition) is 1. The van der Waals surface area contributed by atoms with Gasteiger partial charge in [0.1, 0.15) is 0 Å². The summed E-state index contributed by atoms with van der Waals surface area (Å²) in [6.45, 7) is 1.68. The van der Waals surface area contributed by atoms with Crippen LogP contribution < -0.4 is 5.32 Å². The van der Waals surface area contributed by atoms with E-state index in [4.69, 9.17) is 0 Å². The highest BCUT2D eigenvalue weighted by Gasteiger charge is 2.19. The number of rotatable bonds is 3. The number of esters is 2. The quantitative estimate of drug-likeness (QED) is 0.674. The van der Waals surface area contributed by atoms with E-state index < -0.39 is 17.8 Å². The molecule has 0 atom stereocenters. The number of amides is 1. The molecule has 0 aliphatic rings. The second-order valence-corrected chi connectivity index (χ2v) is 4.27. The molecule has 0 heterocycles. The van der Waals surface area contributed by atoms with E-state index in [0.29, 0.717) is 4.47 Å². The van der Waals surface area contributed by atoms with Crippen molar-refractivity contribution in [1.82, 2.24) is 0 Å². The summed E-state index contributed by atoms with van der Waals surface area (Å²) in [4.78, 5) is 34.3. The summed E-state index contributed by atoms with van der Waals surface area (Å²) in [6.07, 6.45) is 0. The smallest absolute Gasteiger partial charge is 0.397 e. The minimum Gasteiger partial charge on any atom is -0.465 e. The molecular weight excluding hydrogens is 318 g/mol. The molecule has 0 aliphatic carbocycles. The van der Waals surface area contributed by atoms with E-state index in [1.807, 2.05) is 0 Å². The summed E-state index contributed by atoms with van der Waals surface area (Å²) in [7, 11) is 1.22. The maximum Gasteiger partial charge on any atom is 0.397 e. The van der Waals surface area contributed by atoms with Crippen molar-refractivity contribution in [3.63, 3.8) is 0 Å². The molecular formula is C12H12BrNO5. The summed E-state index contributed by atoms with van der Waals surface area (Å²) in [5, 5.41) is 2.30. The van der Waals surface area contributed by atoms with E-state index in [1.54, 1.807) is 13.0 Å². The number of carbonyl (C=O) groups excluding carboxylic acids is 3. The van der Waals surface area contributed by atoms with Crippen molar-refractivity contribution in [2.75, 3.05) is 19.0 Å². The third-order valence-electron chi connectivity index (χ3n) is 2.10. The van der Waals surface area contributed by atoms with Gasteiger partial charge in [-0.3, -0.25) is 4.79 Å². The summed E-state index contributed by atoms with van der Waals surface area (Å²) in [5.74, 6) is -2.59. The van der Waals surface area contributed by atoms with Gasteiger partial charge in [0.05, 0.1) is 25.0 Å². The molecule has 0 saturated carbocycles. The molecule has 0 aromatic heterocycles. The van der Waals surface area contributed by atoms with Crippen LogP contribution in [0.1, 0.15) is 17.3 Å². The number of anilines is 1. The Morgan fingerprint density at radius 3 is 2.58 bits per heavy atom. The van der Waals surface area contributed by atoms with Crippen molar-refractivity contribution in [3.05, 3.63) is 28.2 Å². The summed E-state index contributed by atoms with van der Waals surface area (Å²) >= 11 is 3.20. The van der Waals surface area contributed by atoms with Gasteiger partial charge >= 0.3 is 17.8 Å². The Balaban J connectivity index is 2.98. The average Bonchev–Trinajstić information content (AvgIpc) is 2.40. The van der Waals surface area contributed by atoms with Gasteiger partial charge in [-0.05, 0) is 25.1 Å². The fraction of sp³-hybridized carbons (Fsp3) is 0.250. The lowest BCUT2D eigenvalue weighted by Gasteiger charge is -2.09. The normalized spacial score (nSPS) is 9.63. The number of ether oxygens (including phenoxy) is 2. The number of halogens is 1. The van der Waals surface area contributed by atoms with Crippen LogP contribution in [0.2, 0.25) is 0 Å². The van der Waals surface area contributed by atoms with Crippen LogP contribution in [0.15, 0.2) is 22.7 Å². The first kappa shape index (κ1) is 15.2. The highest BCUT2D eigenvalue weighted by molar-refractivity contribution is 9.10. The first-order valence-corrected chi connectivity index (χ1v) is 6.14. The Labute approximate surface area is 118 Å². The molecule has 0 radical (unpaired) electrons. The van der Waals surface area contributed by atoms with Crippen molar-refractivity contribution in [1.29, 1.82) is 0 Å². The van der Waals surface area contributed by atoms with E-state index >= 15 is 0 Å². The molecule has 0 aliphatic heterocycles.